The molecule has 2 N–H and O–H groups in total. The number of halogens is 2. The molecule has 0 aliphatic carbocycles. The van der Waals surface area contributed by atoms with E-state index in [1.54, 1.807) is 0 Å². The van der Waals surface area contributed by atoms with Crippen molar-refractivity contribution in [2.24, 2.45) is 0 Å². The van der Waals surface area contributed by atoms with Crippen molar-refractivity contribution in [2.45, 2.75) is 6.10 Å². The molecule has 0 aliphatic heterocycles. The van der Waals surface area contributed by atoms with E-state index in [0.717, 1.165) is 0 Å². The first-order valence-electron chi connectivity index (χ1n) is 1.66. The Morgan fingerprint density at radius 1 is 1.50 bits per heavy atom. The van der Waals surface area contributed by atoms with Gasteiger partial charge in [-0.1, -0.05) is 0 Å². The van der Waals surface area contributed by atoms with Gasteiger partial charge in [-0.15, -0.1) is 11.6 Å². The van der Waals surface area contributed by atoms with E-state index < -0.39 is 6.10 Å². The summed E-state index contributed by atoms with van der Waals surface area (Å²) in [6.07, 6.45) is -0.744. The molecule has 0 aromatic rings. The van der Waals surface area contributed by atoms with Crippen LogP contribution in [0.25, 0.3) is 0 Å². The molecular formula is C3H7Cl2NaO2. The Morgan fingerprint density at radius 2 is 1.88 bits per heavy atom. The van der Waals surface area contributed by atoms with Crippen LogP contribution in [-0.4, -0.2) is 28.8 Å². The zero-order chi connectivity index (χ0) is 4.99. The molecule has 8 heavy (non-hydrogen) atoms. The third-order valence-electron chi connectivity index (χ3n) is 0.389. The fourth-order valence-corrected chi connectivity index (χ4v) is 0.146. The monoisotopic (exact) mass is 168 g/mol. The van der Waals surface area contributed by atoms with Gasteiger partial charge in [0.1, 0.15) is 0 Å². The summed E-state index contributed by atoms with van der Waals surface area (Å²) >= 11 is 5.04. The van der Waals surface area contributed by atoms with Crippen LogP contribution in [0, 0.1) is 0 Å². The minimum absolute atomic E-state index is 0. The van der Waals surface area contributed by atoms with Crippen LogP contribution in [0.2, 0.25) is 0 Å². The van der Waals surface area contributed by atoms with Crippen molar-refractivity contribution in [2.75, 3.05) is 12.5 Å². The molecule has 0 radical (unpaired) electrons. The number of hydrogen-bond acceptors (Lipinski definition) is 2. The smallest absolute Gasteiger partial charge is 1.00 e. The molecule has 1 unspecified atom stereocenters. The van der Waals surface area contributed by atoms with Gasteiger partial charge in [0.05, 0.1) is 18.6 Å². The second-order valence-electron chi connectivity index (χ2n) is 0.991. The minimum atomic E-state index is -0.744. The molecule has 0 heterocycles. The van der Waals surface area contributed by atoms with Gasteiger partial charge in [0.15, 0.2) is 0 Å². The van der Waals surface area contributed by atoms with E-state index >= 15 is 0 Å². The Labute approximate surface area is 81.9 Å². The van der Waals surface area contributed by atoms with E-state index in [-0.39, 0.29) is 54.5 Å². The van der Waals surface area contributed by atoms with Crippen molar-refractivity contribution >= 4 is 11.6 Å². The summed E-state index contributed by atoms with van der Waals surface area (Å²) < 4.78 is 0. The first-order valence-corrected chi connectivity index (χ1v) is 2.19. The number of hydrogen-bond donors (Lipinski definition) is 2. The second-order valence-corrected chi connectivity index (χ2v) is 1.30. The fourth-order valence-electron chi connectivity index (χ4n) is 0.0488. The van der Waals surface area contributed by atoms with Gasteiger partial charge in [0.25, 0.3) is 0 Å². The number of aliphatic hydroxyl groups is 2. The summed E-state index contributed by atoms with van der Waals surface area (Å²) in [6, 6.07) is 0. The Hall–Kier alpha value is 1.50. The molecule has 0 amide bonds. The molecule has 0 rings (SSSR count). The zero-order valence-corrected chi connectivity index (χ0v) is 8.15. The number of rotatable bonds is 2. The molecule has 0 saturated carbocycles. The summed E-state index contributed by atoms with van der Waals surface area (Å²) in [6.45, 7) is -0.247. The normalized spacial score (nSPS) is 10.9. The third-order valence-corrected chi connectivity index (χ3v) is 0.745. The van der Waals surface area contributed by atoms with E-state index in [4.69, 9.17) is 21.8 Å². The summed E-state index contributed by atoms with van der Waals surface area (Å²) in [5, 5.41) is 16.3. The molecular weight excluding hydrogens is 162 g/mol. The van der Waals surface area contributed by atoms with E-state index in [0.29, 0.717) is 0 Å². The summed E-state index contributed by atoms with van der Waals surface area (Å²) in [5.41, 5.74) is 0. The van der Waals surface area contributed by atoms with Gasteiger partial charge in [-0.25, -0.2) is 0 Å². The van der Waals surface area contributed by atoms with Crippen LogP contribution in [0.1, 0.15) is 0 Å². The standard InChI is InChI=1S/C3H7ClO2.ClH.Na/c4-1-3(6)2-5;;/h3,5-6H,1-2H2;1H;/q;;+1/p-1. The predicted molar refractivity (Wildman–Crippen MR) is 23.8 cm³/mol. The van der Waals surface area contributed by atoms with Crippen molar-refractivity contribution < 1.29 is 52.2 Å². The van der Waals surface area contributed by atoms with Crippen molar-refractivity contribution in [3.63, 3.8) is 0 Å². The third kappa shape index (κ3) is 10.5. The molecule has 1 atom stereocenters. The Balaban J connectivity index is -0.000000125. The van der Waals surface area contributed by atoms with E-state index in [2.05, 4.69) is 0 Å². The molecule has 0 aromatic carbocycles. The van der Waals surface area contributed by atoms with Crippen molar-refractivity contribution in [3.8, 4) is 0 Å². The van der Waals surface area contributed by atoms with Gasteiger partial charge in [-0.05, 0) is 0 Å². The predicted octanol–water partition coefficient (Wildman–Crippen LogP) is -6.41. The maximum Gasteiger partial charge on any atom is 1.00 e. The van der Waals surface area contributed by atoms with Crippen LogP contribution in [0.5, 0.6) is 0 Å². The fraction of sp³-hybridized carbons (Fsp3) is 1.00. The minimum Gasteiger partial charge on any atom is -1.00 e. The first kappa shape index (κ1) is 16.2. The molecule has 0 aromatic heterocycles. The SMILES string of the molecule is OCC(O)CCl.[Cl-].[Na+]. The van der Waals surface area contributed by atoms with Gasteiger partial charge in [0.2, 0.25) is 0 Å². The van der Waals surface area contributed by atoms with Crippen LogP contribution in [0.3, 0.4) is 0 Å². The van der Waals surface area contributed by atoms with E-state index in [1.807, 2.05) is 0 Å². The summed E-state index contributed by atoms with van der Waals surface area (Å²) in [5.74, 6) is 0.108. The van der Waals surface area contributed by atoms with Crippen LogP contribution >= 0.6 is 11.6 Å². The molecule has 0 saturated heterocycles. The Bertz CT molecular complexity index is 34.5. The first-order chi connectivity index (χ1) is 2.81. The van der Waals surface area contributed by atoms with Crippen LogP contribution in [0.15, 0.2) is 0 Å². The van der Waals surface area contributed by atoms with Gasteiger partial charge in [-0.3, -0.25) is 0 Å². The molecule has 5 heteroatoms. The molecule has 0 spiro atoms. The topological polar surface area (TPSA) is 40.5 Å². The van der Waals surface area contributed by atoms with Crippen LogP contribution in [0.4, 0.5) is 0 Å². The summed E-state index contributed by atoms with van der Waals surface area (Å²) in [4.78, 5) is 0. The van der Waals surface area contributed by atoms with Crippen molar-refractivity contribution in [3.05, 3.63) is 0 Å². The zero-order valence-electron chi connectivity index (χ0n) is 4.64. The molecule has 2 nitrogen and oxygen atoms in total. The van der Waals surface area contributed by atoms with Crippen molar-refractivity contribution in [1.29, 1.82) is 0 Å². The second kappa shape index (κ2) is 11.3. The molecule has 0 bridgehead atoms. The quantitative estimate of drug-likeness (QED) is 0.319. The van der Waals surface area contributed by atoms with Gasteiger partial charge < -0.3 is 22.6 Å². The molecule has 0 aliphatic rings. The summed E-state index contributed by atoms with van der Waals surface area (Å²) in [7, 11) is 0. The van der Waals surface area contributed by atoms with Crippen LogP contribution in [-0.2, 0) is 0 Å². The van der Waals surface area contributed by atoms with Gasteiger partial charge >= 0.3 is 29.6 Å². The van der Waals surface area contributed by atoms with Crippen LogP contribution < -0.4 is 42.0 Å². The Morgan fingerprint density at radius 3 is 1.88 bits per heavy atom. The molecule has 0 fully saturated rings. The number of aliphatic hydroxyl groups excluding tert-OH is 2. The van der Waals surface area contributed by atoms with Gasteiger partial charge in [-0.2, -0.15) is 0 Å². The maximum atomic E-state index is 8.28. The number of alkyl halides is 1. The van der Waals surface area contributed by atoms with Crippen molar-refractivity contribution in [1.82, 2.24) is 0 Å². The van der Waals surface area contributed by atoms with Gasteiger partial charge in [0, 0.05) is 0 Å². The molecule has 46 valence electrons. The van der Waals surface area contributed by atoms with E-state index in [1.165, 1.54) is 0 Å². The van der Waals surface area contributed by atoms with E-state index in [9.17, 15) is 0 Å². The Kier molecular flexibility index (Phi) is 23.0. The average Bonchev–Trinajstić information content (AvgIpc) is 1.65. The largest absolute Gasteiger partial charge is 1.00 e. The average molecular weight is 169 g/mol. The maximum absolute atomic E-state index is 8.28.